The third-order valence-corrected chi connectivity index (χ3v) is 2.31. The van der Waals surface area contributed by atoms with Gasteiger partial charge in [0.1, 0.15) is 5.75 Å². The molecule has 0 aliphatic rings. The molecule has 2 rings (SSSR count). The predicted molar refractivity (Wildman–Crippen MR) is 59.9 cm³/mol. The molecule has 0 atom stereocenters. The van der Waals surface area contributed by atoms with Crippen molar-refractivity contribution in [1.29, 1.82) is 0 Å². The molecule has 0 saturated heterocycles. The molecule has 0 saturated carbocycles. The van der Waals surface area contributed by atoms with Crippen LogP contribution in [0.2, 0.25) is 0 Å². The second-order valence-electron chi connectivity index (χ2n) is 3.71. The summed E-state index contributed by atoms with van der Waals surface area (Å²) in [6.45, 7) is 2.07. The van der Waals surface area contributed by atoms with Gasteiger partial charge < -0.3 is 5.11 Å². The van der Waals surface area contributed by atoms with Crippen LogP contribution in [0.15, 0.2) is 42.7 Å². The molecule has 0 fully saturated rings. The molecule has 0 aliphatic heterocycles. The number of pyridine rings is 1. The largest absolute Gasteiger partial charge is 0.506 e. The van der Waals surface area contributed by atoms with Gasteiger partial charge in [0, 0.05) is 6.20 Å². The van der Waals surface area contributed by atoms with E-state index in [9.17, 15) is 5.11 Å². The molecular weight excluding hydrogens is 186 g/mol. The molecule has 0 bridgehead atoms. The molecule has 2 nitrogen and oxygen atoms in total. The molecule has 0 spiro atoms. The molecule has 15 heavy (non-hydrogen) atoms. The van der Waals surface area contributed by atoms with Crippen molar-refractivity contribution < 1.29 is 5.11 Å². The quantitative estimate of drug-likeness (QED) is 0.806. The summed E-state index contributed by atoms with van der Waals surface area (Å²) in [5.74, 6) is 0.222. The molecule has 76 valence electrons. The Balaban J connectivity index is 2.18. The first-order valence-corrected chi connectivity index (χ1v) is 4.92. The fourth-order valence-corrected chi connectivity index (χ4v) is 1.51. The smallest absolute Gasteiger partial charge is 0.134 e. The van der Waals surface area contributed by atoms with Gasteiger partial charge in [-0.1, -0.05) is 29.8 Å². The normalized spacial score (nSPS) is 10.2. The number of rotatable bonds is 2. The van der Waals surface area contributed by atoms with Gasteiger partial charge in [-0.25, -0.2) is 0 Å². The summed E-state index contributed by atoms with van der Waals surface area (Å²) in [6.07, 6.45) is 4.03. The standard InChI is InChI=1S/C13H13NO/c1-10-2-4-11(5-3-10)6-12-7-13(15)9-14-8-12/h2-5,7-9,15H,6H2,1H3. The summed E-state index contributed by atoms with van der Waals surface area (Å²) in [4.78, 5) is 3.95. The second kappa shape index (κ2) is 4.13. The van der Waals surface area contributed by atoms with Crippen LogP contribution in [-0.4, -0.2) is 10.1 Å². The highest BCUT2D eigenvalue weighted by Crippen LogP contribution is 2.13. The van der Waals surface area contributed by atoms with E-state index in [-0.39, 0.29) is 5.75 Å². The van der Waals surface area contributed by atoms with Crippen molar-refractivity contribution >= 4 is 0 Å². The van der Waals surface area contributed by atoms with Crippen LogP contribution in [0.25, 0.3) is 0 Å². The van der Waals surface area contributed by atoms with Crippen LogP contribution >= 0.6 is 0 Å². The van der Waals surface area contributed by atoms with Crippen molar-refractivity contribution in [3.8, 4) is 5.75 Å². The fourth-order valence-electron chi connectivity index (χ4n) is 1.51. The summed E-state index contributed by atoms with van der Waals surface area (Å²) in [5, 5.41) is 9.27. The maximum atomic E-state index is 9.27. The fraction of sp³-hybridized carbons (Fsp3) is 0.154. The van der Waals surface area contributed by atoms with Gasteiger partial charge in [0.2, 0.25) is 0 Å². The Morgan fingerprint density at radius 3 is 2.47 bits per heavy atom. The topological polar surface area (TPSA) is 33.1 Å². The van der Waals surface area contributed by atoms with Crippen LogP contribution in [0.1, 0.15) is 16.7 Å². The monoisotopic (exact) mass is 199 g/mol. The van der Waals surface area contributed by atoms with Crippen LogP contribution in [0.4, 0.5) is 0 Å². The minimum absolute atomic E-state index is 0.222. The summed E-state index contributed by atoms with van der Waals surface area (Å²) in [6, 6.07) is 10.1. The van der Waals surface area contributed by atoms with Crippen LogP contribution in [0, 0.1) is 6.92 Å². The Morgan fingerprint density at radius 2 is 1.80 bits per heavy atom. The highest BCUT2D eigenvalue weighted by atomic mass is 16.3. The first-order chi connectivity index (χ1) is 7.24. The number of aromatic nitrogens is 1. The van der Waals surface area contributed by atoms with Gasteiger partial charge in [-0.3, -0.25) is 4.98 Å². The summed E-state index contributed by atoms with van der Waals surface area (Å²) < 4.78 is 0. The van der Waals surface area contributed by atoms with Crippen LogP contribution in [0.3, 0.4) is 0 Å². The van der Waals surface area contributed by atoms with E-state index in [1.165, 1.54) is 17.3 Å². The highest BCUT2D eigenvalue weighted by molar-refractivity contribution is 5.29. The summed E-state index contributed by atoms with van der Waals surface area (Å²) in [7, 11) is 0. The average molecular weight is 199 g/mol. The minimum Gasteiger partial charge on any atom is -0.506 e. The molecule has 1 aromatic heterocycles. The lowest BCUT2D eigenvalue weighted by atomic mass is 10.1. The lowest BCUT2D eigenvalue weighted by molar-refractivity contribution is 0.472. The summed E-state index contributed by atoms with van der Waals surface area (Å²) in [5.41, 5.74) is 3.51. The molecule has 1 heterocycles. The molecule has 0 amide bonds. The van der Waals surface area contributed by atoms with E-state index >= 15 is 0 Å². The Hall–Kier alpha value is -1.83. The number of hydrogen-bond donors (Lipinski definition) is 1. The van der Waals surface area contributed by atoms with Gasteiger partial charge in [0.05, 0.1) is 6.20 Å². The molecule has 1 aromatic carbocycles. The van der Waals surface area contributed by atoms with Gasteiger partial charge in [0.15, 0.2) is 0 Å². The van der Waals surface area contributed by atoms with E-state index in [2.05, 4.69) is 36.2 Å². The second-order valence-corrected chi connectivity index (χ2v) is 3.71. The Kier molecular flexibility index (Phi) is 2.68. The van der Waals surface area contributed by atoms with Crippen molar-refractivity contribution in [3.63, 3.8) is 0 Å². The van der Waals surface area contributed by atoms with E-state index in [1.807, 2.05) is 0 Å². The molecule has 0 unspecified atom stereocenters. The molecule has 0 aliphatic carbocycles. The molecule has 0 radical (unpaired) electrons. The third kappa shape index (κ3) is 2.56. The Labute approximate surface area is 89.2 Å². The molecule has 2 heteroatoms. The average Bonchev–Trinajstić information content (AvgIpc) is 2.22. The van der Waals surface area contributed by atoms with Gasteiger partial charge in [-0.2, -0.15) is 0 Å². The van der Waals surface area contributed by atoms with E-state index in [0.717, 1.165) is 12.0 Å². The number of benzene rings is 1. The molecule has 2 aromatic rings. The van der Waals surface area contributed by atoms with Crippen molar-refractivity contribution in [2.75, 3.05) is 0 Å². The minimum atomic E-state index is 0.222. The van der Waals surface area contributed by atoms with E-state index in [1.54, 1.807) is 12.3 Å². The van der Waals surface area contributed by atoms with E-state index in [4.69, 9.17) is 0 Å². The SMILES string of the molecule is Cc1ccc(Cc2cncc(O)c2)cc1. The lowest BCUT2D eigenvalue weighted by Crippen LogP contribution is -1.89. The summed E-state index contributed by atoms with van der Waals surface area (Å²) >= 11 is 0. The van der Waals surface area contributed by atoms with Crippen molar-refractivity contribution in [1.82, 2.24) is 4.98 Å². The zero-order valence-electron chi connectivity index (χ0n) is 8.64. The van der Waals surface area contributed by atoms with Crippen molar-refractivity contribution in [2.45, 2.75) is 13.3 Å². The van der Waals surface area contributed by atoms with Gasteiger partial charge in [-0.15, -0.1) is 0 Å². The number of nitrogens with zero attached hydrogens (tertiary/aromatic N) is 1. The van der Waals surface area contributed by atoms with E-state index < -0.39 is 0 Å². The first kappa shape index (κ1) is 9.71. The van der Waals surface area contributed by atoms with Crippen LogP contribution in [-0.2, 0) is 6.42 Å². The Bertz CT molecular complexity index is 448. The zero-order chi connectivity index (χ0) is 10.7. The maximum Gasteiger partial charge on any atom is 0.134 e. The van der Waals surface area contributed by atoms with Crippen LogP contribution in [0.5, 0.6) is 5.75 Å². The van der Waals surface area contributed by atoms with Crippen LogP contribution < -0.4 is 0 Å². The predicted octanol–water partition coefficient (Wildman–Crippen LogP) is 2.69. The van der Waals surface area contributed by atoms with Gasteiger partial charge in [0.25, 0.3) is 0 Å². The lowest BCUT2D eigenvalue weighted by Gasteiger charge is -2.02. The zero-order valence-corrected chi connectivity index (χ0v) is 8.64. The number of hydrogen-bond acceptors (Lipinski definition) is 2. The van der Waals surface area contributed by atoms with Crippen molar-refractivity contribution in [3.05, 3.63) is 59.4 Å². The molecular formula is C13H13NO. The highest BCUT2D eigenvalue weighted by Gasteiger charge is 1.97. The van der Waals surface area contributed by atoms with E-state index in [0.29, 0.717) is 0 Å². The van der Waals surface area contributed by atoms with Gasteiger partial charge in [-0.05, 0) is 30.5 Å². The Morgan fingerprint density at radius 1 is 1.07 bits per heavy atom. The molecule has 1 N–H and O–H groups in total. The number of aryl methyl sites for hydroxylation is 1. The maximum absolute atomic E-state index is 9.27. The van der Waals surface area contributed by atoms with Crippen molar-refractivity contribution in [2.24, 2.45) is 0 Å². The number of aromatic hydroxyl groups is 1. The third-order valence-electron chi connectivity index (χ3n) is 2.31. The van der Waals surface area contributed by atoms with Gasteiger partial charge >= 0.3 is 0 Å². The first-order valence-electron chi connectivity index (χ1n) is 4.92.